The van der Waals surface area contributed by atoms with E-state index in [1.807, 2.05) is 6.08 Å². The Morgan fingerprint density at radius 2 is 1.27 bits per heavy atom. The van der Waals surface area contributed by atoms with Crippen LogP contribution in [0.5, 0.6) is 0 Å². The molecule has 0 bridgehead atoms. The van der Waals surface area contributed by atoms with E-state index in [4.69, 9.17) is 9.47 Å². The van der Waals surface area contributed by atoms with Gasteiger partial charge in [-0.3, -0.25) is 4.79 Å². The van der Waals surface area contributed by atoms with Crippen molar-refractivity contribution in [2.75, 3.05) is 13.2 Å². The number of hydrogen-bond donors (Lipinski definition) is 6. The van der Waals surface area contributed by atoms with Crippen molar-refractivity contribution in [1.82, 2.24) is 5.32 Å². The fourth-order valence-corrected chi connectivity index (χ4v) is 6.12. The number of nitrogens with one attached hydrogen (secondary N) is 1. The van der Waals surface area contributed by atoms with E-state index in [1.54, 1.807) is 6.08 Å². The van der Waals surface area contributed by atoms with E-state index in [-0.39, 0.29) is 12.5 Å². The molecular weight excluding hydrogens is 610 g/mol. The van der Waals surface area contributed by atoms with Crippen LogP contribution in [0.4, 0.5) is 0 Å². The van der Waals surface area contributed by atoms with Gasteiger partial charge in [0, 0.05) is 6.42 Å². The minimum absolute atomic E-state index is 0.190. The number of carbonyl (C=O) groups excluding carboxylic acids is 1. The molecule has 0 saturated carbocycles. The van der Waals surface area contributed by atoms with Gasteiger partial charge in [0.1, 0.15) is 24.4 Å². The first-order valence-corrected chi connectivity index (χ1v) is 19.5. The Bertz CT molecular complexity index is 835. The molecule has 48 heavy (non-hydrogen) atoms. The lowest BCUT2D eigenvalue weighted by molar-refractivity contribution is -0.302. The van der Waals surface area contributed by atoms with Crippen molar-refractivity contribution in [2.45, 2.75) is 205 Å². The van der Waals surface area contributed by atoms with E-state index in [2.05, 4.69) is 32.2 Å². The zero-order valence-electron chi connectivity index (χ0n) is 30.7. The predicted octanol–water partition coefficient (Wildman–Crippen LogP) is 6.77. The van der Waals surface area contributed by atoms with Crippen LogP contribution < -0.4 is 5.32 Å². The van der Waals surface area contributed by atoms with E-state index < -0.39 is 49.5 Å². The predicted molar refractivity (Wildman–Crippen MR) is 193 cm³/mol. The van der Waals surface area contributed by atoms with Crippen LogP contribution >= 0.6 is 0 Å². The molecule has 1 saturated heterocycles. The maximum absolute atomic E-state index is 12.9. The minimum atomic E-state index is -1.57. The van der Waals surface area contributed by atoms with Crippen molar-refractivity contribution in [1.29, 1.82) is 0 Å². The fourth-order valence-electron chi connectivity index (χ4n) is 6.12. The van der Waals surface area contributed by atoms with Crippen LogP contribution in [-0.4, -0.2) is 87.5 Å². The molecule has 0 spiro atoms. The number of amides is 1. The lowest BCUT2D eigenvalue weighted by Crippen LogP contribution is -2.60. The lowest BCUT2D eigenvalue weighted by Gasteiger charge is -2.40. The van der Waals surface area contributed by atoms with Gasteiger partial charge in [-0.1, -0.05) is 140 Å². The second-order valence-electron chi connectivity index (χ2n) is 13.9. The Kier molecular flexibility index (Phi) is 27.4. The molecule has 1 aliphatic heterocycles. The molecule has 1 amide bonds. The topological polar surface area (TPSA) is 149 Å². The normalized spacial score (nSPS) is 23.1. The van der Waals surface area contributed by atoms with Gasteiger partial charge >= 0.3 is 0 Å². The molecule has 7 atom stereocenters. The van der Waals surface area contributed by atoms with Crippen molar-refractivity contribution >= 4 is 5.91 Å². The molecular formula is C39H73NO8. The molecule has 0 aromatic rings. The van der Waals surface area contributed by atoms with Gasteiger partial charge < -0.3 is 40.3 Å². The zero-order valence-corrected chi connectivity index (χ0v) is 30.7. The van der Waals surface area contributed by atoms with Crippen molar-refractivity contribution in [2.24, 2.45) is 0 Å². The number of aliphatic hydroxyl groups is 5. The fraction of sp³-hybridized carbons (Fsp3) is 0.872. The number of aliphatic hydroxyl groups excluding tert-OH is 5. The largest absolute Gasteiger partial charge is 0.394 e. The van der Waals surface area contributed by atoms with Gasteiger partial charge in [-0.15, -0.1) is 0 Å². The summed E-state index contributed by atoms with van der Waals surface area (Å²) in [5, 5.41) is 53.9. The second kappa shape index (κ2) is 29.4. The summed E-state index contributed by atoms with van der Waals surface area (Å²) >= 11 is 0. The van der Waals surface area contributed by atoms with E-state index >= 15 is 0 Å². The zero-order chi connectivity index (χ0) is 35.4. The minimum Gasteiger partial charge on any atom is -0.394 e. The van der Waals surface area contributed by atoms with Gasteiger partial charge in [0.25, 0.3) is 0 Å². The Morgan fingerprint density at radius 1 is 0.750 bits per heavy atom. The summed E-state index contributed by atoms with van der Waals surface area (Å²) in [6.07, 6.45) is 23.0. The van der Waals surface area contributed by atoms with Crippen molar-refractivity contribution < 1.29 is 39.8 Å². The van der Waals surface area contributed by atoms with Crippen LogP contribution in [0.3, 0.4) is 0 Å². The van der Waals surface area contributed by atoms with Gasteiger partial charge in [-0.2, -0.15) is 0 Å². The number of unbranched alkanes of at least 4 members (excludes halogenated alkanes) is 17. The molecule has 9 nitrogen and oxygen atoms in total. The molecule has 0 aliphatic carbocycles. The van der Waals surface area contributed by atoms with Crippen LogP contribution in [0.15, 0.2) is 23.8 Å². The summed E-state index contributed by atoms with van der Waals surface area (Å²) in [7, 11) is 0. The maximum Gasteiger partial charge on any atom is 0.220 e. The highest BCUT2D eigenvalue weighted by molar-refractivity contribution is 5.76. The molecule has 0 aromatic carbocycles. The first-order valence-electron chi connectivity index (χ1n) is 19.5. The molecule has 0 unspecified atom stereocenters. The Hall–Kier alpha value is -1.33. The summed E-state index contributed by atoms with van der Waals surface area (Å²) < 4.78 is 11.2. The SMILES string of the molecule is CCCCCCCCCCCCCC(=O)N[C@@H](CO[C@H]1O[C@H](CO)[C@@H](O)[C@H](O)[C@H]1O)[C@H](O)/C=C/CC/C=C(\C)CCCCCCCCC. The number of allylic oxidation sites excluding steroid dienone is 3. The summed E-state index contributed by atoms with van der Waals surface area (Å²) in [5.74, 6) is -0.190. The number of rotatable bonds is 30. The Morgan fingerprint density at radius 3 is 1.81 bits per heavy atom. The highest BCUT2D eigenvalue weighted by Gasteiger charge is 2.44. The van der Waals surface area contributed by atoms with Crippen LogP contribution in [0.25, 0.3) is 0 Å². The standard InChI is InChI=1S/C39H73NO8/c1-4-6-8-10-12-13-14-15-17-19-24-28-35(43)40-32(30-47-39-38(46)37(45)36(44)34(29-41)48-39)33(42)27-23-20-22-26-31(3)25-21-18-16-11-9-7-5-2/h23,26-27,32-34,36-39,41-42,44-46H,4-22,24-25,28-30H2,1-3H3,(H,40,43)/b27-23+,31-26+/t32-,33+,34+,36+,37-,38+,39-/m0/s1. The molecule has 0 radical (unpaired) electrons. The van der Waals surface area contributed by atoms with Gasteiger partial charge in [0.15, 0.2) is 6.29 Å². The summed E-state index contributed by atoms with van der Waals surface area (Å²) in [6.45, 7) is 5.88. The lowest BCUT2D eigenvalue weighted by atomic mass is 9.99. The number of ether oxygens (including phenoxy) is 2. The van der Waals surface area contributed by atoms with Gasteiger partial charge in [-0.05, 0) is 39.0 Å². The smallest absolute Gasteiger partial charge is 0.220 e. The van der Waals surface area contributed by atoms with E-state index in [0.29, 0.717) is 6.42 Å². The molecule has 1 heterocycles. The van der Waals surface area contributed by atoms with Crippen LogP contribution in [-0.2, 0) is 14.3 Å². The van der Waals surface area contributed by atoms with Gasteiger partial charge in [0.05, 0.1) is 25.4 Å². The highest BCUT2D eigenvalue weighted by atomic mass is 16.7. The maximum atomic E-state index is 12.9. The van der Waals surface area contributed by atoms with Gasteiger partial charge in [-0.25, -0.2) is 0 Å². The van der Waals surface area contributed by atoms with E-state index in [9.17, 15) is 30.3 Å². The average molecular weight is 684 g/mol. The molecule has 282 valence electrons. The average Bonchev–Trinajstić information content (AvgIpc) is 3.08. The summed E-state index contributed by atoms with van der Waals surface area (Å²) in [6, 6.07) is -0.816. The van der Waals surface area contributed by atoms with E-state index in [0.717, 1.165) is 38.5 Å². The monoisotopic (exact) mass is 684 g/mol. The molecule has 6 N–H and O–H groups in total. The molecule has 0 aromatic heterocycles. The van der Waals surface area contributed by atoms with E-state index in [1.165, 1.54) is 102 Å². The number of hydrogen-bond acceptors (Lipinski definition) is 8. The first kappa shape index (κ1) is 44.7. The molecule has 1 aliphatic rings. The third-order valence-electron chi connectivity index (χ3n) is 9.39. The quantitative estimate of drug-likeness (QED) is 0.0359. The van der Waals surface area contributed by atoms with Crippen molar-refractivity contribution in [3.05, 3.63) is 23.8 Å². The Labute approximate surface area is 292 Å². The first-order chi connectivity index (χ1) is 23.2. The second-order valence-corrected chi connectivity index (χ2v) is 13.9. The van der Waals surface area contributed by atoms with Crippen LogP contribution in [0, 0.1) is 0 Å². The summed E-state index contributed by atoms with van der Waals surface area (Å²) in [4.78, 5) is 12.9. The van der Waals surface area contributed by atoms with Crippen molar-refractivity contribution in [3.63, 3.8) is 0 Å². The third kappa shape index (κ3) is 21.0. The number of carbonyl (C=O) groups is 1. The highest BCUT2D eigenvalue weighted by Crippen LogP contribution is 2.22. The molecule has 1 fully saturated rings. The van der Waals surface area contributed by atoms with Crippen LogP contribution in [0.1, 0.15) is 162 Å². The third-order valence-corrected chi connectivity index (χ3v) is 9.39. The van der Waals surface area contributed by atoms with Crippen molar-refractivity contribution in [3.8, 4) is 0 Å². The Balaban J connectivity index is 2.55. The van der Waals surface area contributed by atoms with Crippen LogP contribution in [0.2, 0.25) is 0 Å². The molecule has 9 heteroatoms. The van der Waals surface area contributed by atoms with Gasteiger partial charge in [0.2, 0.25) is 5.91 Å². The summed E-state index contributed by atoms with van der Waals surface area (Å²) in [5.41, 5.74) is 1.39. The molecule has 1 rings (SSSR count).